The number of rotatable bonds is 8. The minimum absolute atomic E-state index is 0.0976. The summed E-state index contributed by atoms with van der Waals surface area (Å²) in [7, 11) is 0. The van der Waals surface area contributed by atoms with Crippen molar-refractivity contribution in [1.82, 2.24) is 10.2 Å². The number of unbranched alkanes of at least 4 members (excludes halogenated alkanes) is 1. The van der Waals surface area contributed by atoms with Gasteiger partial charge in [-0.3, -0.25) is 9.69 Å². The molecule has 0 radical (unpaired) electrons. The van der Waals surface area contributed by atoms with Gasteiger partial charge in [-0.25, -0.2) is 9.59 Å². The predicted octanol–water partition coefficient (Wildman–Crippen LogP) is 3.51. The molecule has 2 amide bonds. The number of carboxylic acids is 1. The van der Waals surface area contributed by atoms with Crippen molar-refractivity contribution in [2.24, 2.45) is 0 Å². The van der Waals surface area contributed by atoms with Gasteiger partial charge in [0.15, 0.2) is 0 Å². The molecule has 31 heavy (non-hydrogen) atoms. The highest BCUT2D eigenvalue weighted by Crippen LogP contribution is 2.25. The normalized spacial score (nSPS) is 16.2. The van der Waals surface area contributed by atoms with Gasteiger partial charge < -0.3 is 15.2 Å². The molecule has 0 fully saturated rings. The number of benzene rings is 2. The van der Waals surface area contributed by atoms with Gasteiger partial charge in [0.05, 0.1) is 6.54 Å². The molecule has 2 atom stereocenters. The molecular weight excluding hydrogens is 396 g/mol. The molecule has 1 aliphatic rings. The third kappa shape index (κ3) is 5.84. The van der Waals surface area contributed by atoms with E-state index in [1.54, 1.807) is 0 Å². The van der Waals surface area contributed by atoms with Crippen molar-refractivity contribution in [2.45, 2.75) is 57.8 Å². The lowest BCUT2D eigenvalue weighted by Crippen LogP contribution is -2.55. The van der Waals surface area contributed by atoms with Crippen LogP contribution in [0.25, 0.3) is 0 Å². The lowest BCUT2D eigenvalue weighted by atomic mass is 9.93. The number of carbonyl (C=O) groups is 3. The molecule has 0 bridgehead atoms. The standard InChI is InChI=1S/C24H28N2O5/c1-2-3-13-20(23(28)29)25-22(27)21-14-18-11-7-8-12-19(18)15-26(21)24(30)31-16-17-9-5-4-6-10-17/h4-12,20-21H,2-3,13-16H2,1H3,(H,25,27)(H,28,29)/t20-,21+/m1/s1. The smallest absolute Gasteiger partial charge is 0.411 e. The van der Waals surface area contributed by atoms with Gasteiger partial charge in [-0.2, -0.15) is 0 Å². The highest BCUT2D eigenvalue weighted by Gasteiger charge is 2.37. The summed E-state index contributed by atoms with van der Waals surface area (Å²) in [6.07, 6.45) is 1.57. The number of nitrogens with zero attached hydrogens (tertiary/aromatic N) is 1. The Morgan fingerprint density at radius 3 is 2.45 bits per heavy atom. The third-order valence-corrected chi connectivity index (χ3v) is 5.45. The summed E-state index contributed by atoms with van der Waals surface area (Å²) in [6, 6.07) is 15.1. The van der Waals surface area contributed by atoms with E-state index in [9.17, 15) is 19.5 Å². The van der Waals surface area contributed by atoms with Crippen LogP contribution < -0.4 is 5.32 Å². The summed E-state index contributed by atoms with van der Waals surface area (Å²) in [5.41, 5.74) is 2.76. The first-order chi connectivity index (χ1) is 15.0. The summed E-state index contributed by atoms with van der Waals surface area (Å²) in [4.78, 5) is 38.9. The number of hydrogen-bond acceptors (Lipinski definition) is 4. The molecule has 0 saturated heterocycles. The van der Waals surface area contributed by atoms with Crippen LogP contribution in [-0.4, -0.2) is 40.1 Å². The van der Waals surface area contributed by atoms with Crippen LogP contribution in [-0.2, 0) is 33.9 Å². The van der Waals surface area contributed by atoms with Gasteiger partial charge in [0.25, 0.3) is 0 Å². The molecular formula is C24H28N2O5. The van der Waals surface area contributed by atoms with E-state index in [4.69, 9.17) is 4.74 Å². The fraction of sp³-hybridized carbons (Fsp3) is 0.375. The number of nitrogens with one attached hydrogen (secondary N) is 1. The van der Waals surface area contributed by atoms with Crippen molar-refractivity contribution in [3.63, 3.8) is 0 Å². The van der Waals surface area contributed by atoms with Crippen molar-refractivity contribution in [3.8, 4) is 0 Å². The molecule has 2 aromatic carbocycles. The van der Waals surface area contributed by atoms with Crippen LogP contribution in [0.2, 0.25) is 0 Å². The Labute approximate surface area is 182 Å². The SMILES string of the molecule is CCCC[C@@H](NC(=O)[C@@H]1Cc2ccccc2CN1C(=O)OCc1ccccc1)C(=O)O. The van der Waals surface area contributed by atoms with Crippen LogP contribution in [0, 0.1) is 0 Å². The molecule has 0 saturated carbocycles. The number of fused-ring (bicyclic) bond motifs is 1. The first-order valence-electron chi connectivity index (χ1n) is 10.6. The molecule has 7 heteroatoms. The van der Waals surface area contributed by atoms with Crippen LogP contribution in [0.5, 0.6) is 0 Å². The second-order valence-corrected chi connectivity index (χ2v) is 7.70. The molecule has 3 rings (SSSR count). The molecule has 1 heterocycles. The number of carboxylic acid groups (broad SMARTS) is 1. The molecule has 7 nitrogen and oxygen atoms in total. The molecule has 2 N–H and O–H groups in total. The Morgan fingerprint density at radius 2 is 1.77 bits per heavy atom. The van der Waals surface area contributed by atoms with E-state index in [1.165, 1.54) is 4.90 Å². The van der Waals surface area contributed by atoms with Crippen molar-refractivity contribution in [1.29, 1.82) is 0 Å². The predicted molar refractivity (Wildman–Crippen MR) is 115 cm³/mol. The van der Waals surface area contributed by atoms with Gasteiger partial charge in [-0.1, -0.05) is 74.4 Å². The monoisotopic (exact) mass is 424 g/mol. The topological polar surface area (TPSA) is 95.9 Å². The lowest BCUT2D eigenvalue weighted by molar-refractivity contribution is -0.143. The largest absolute Gasteiger partial charge is 0.480 e. The van der Waals surface area contributed by atoms with E-state index in [-0.39, 0.29) is 13.2 Å². The van der Waals surface area contributed by atoms with E-state index >= 15 is 0 Å². The minimum atomic E-state index is -1.07. The van der Waals surface area contributed by atoms with Crippen LogP contribution in [0.3, 0.4) is 0 Å². The Balaban J connectivity index is 1.76. The van der Waals surface area contributed by atoms with Gasteiger partial charge in [0.1, 0.15) is 18.7 Å². The Kier molecular flexibility index (Phi) is 7.65. The zero-order valence-electron chi connectivity index (χ0n) is 17.6. The summed E-state index contributed by atoms with van der Waals surface area (Å²) >= 11 is 0. The highest BCUT2D eigenvalue weighted by atomic mass is 16.6. The molecule has 164 valence electrons. The van der Waals surface area contributed by atoms with Crippen LogP contribution in [0.4, 0.5) is 4.79 Å². The van der Waals surface area contributed by atoms with Crippen molar-refractivity contribution < 1.29 is 24.2 Å². The second kappa shape index (κ2) is 10.6. The summed E-state index contributed by atoms with van der Waals surface area (Å²) in [6.45, 7) is 2.29. The molecule has 0 spiro atoms. The number of ether oxygens (including phenoxy) is 1. The highest BCUT2D eigenvalue weighted by molar-refractivity contribution is 5.89. The van der Waals surface area contributed by atoms with Crippen LogP contribution >= 0.6 is 0 Å². The van der Waals surface area contributed by atoms with E-state index in [0.29, 0.717) is 19.3 Å². The minimum Gasteiger partial charge on any atom is -0.480 e. The first-order valence-corrected chi connectivity index (χ1v) is 10.6. The second-order valence-electron chi connectivity index (χ2n) is 7.70. The van der Waals surface area contributed by atoms with Crippen molar-refractivity contribution in [2.75, 3.05) is 0 Å². The Hall–Kier alpha value is -3.35. The molecule has 0 unspecified atom stereocenters. The van der Waals surface area contributed by atoms with E-state index in [1.807, 2.05) is 61.5 Å². The van der Waals surface area contributed by atoms with Gasteiger partial charge in [-0.05, 0) is 23.1 Å². The maximum atomic E-state index is 13.1. The maximum Gasteiger partial charge on any atom is 0.411 e. The molecule has 0 aliphatic carbocycles. The van der Waals surface area contributed by atoms with Crippen molar-refractivity contribution in [3.05, 3.63) is 71.3 Å². The first kappa shape index (κ1) is 22.3. The van der Waals surface area contributed by atoms with E-state index in [2.05, 4.69) is 5.32 Å². The summed E-state index contributed by atoms with van der Waals surface area (Å²) < 4.78 is 5.47. The molecule has 2 aromatic rings. The Morgan fingerprint density at radius 1 is 1.10 bits per heavy atom. The van der Waals surface area contributed by atoms with Gasteiger partial charge in [-0.15, -0.1) is 0 Å². The summed E-state index contributed by atoms with van der Waals surface area (Å²) in [5, 5.41) is 12.1. The average molecular weight is 424 g/mol. The van der Waals surface area contributed by atoms with Gasteiger partial charge in [0.2, 0.25) is 5.91 Å². The maximum absolute atomic E-state index is 13.1. The van der Waals surface area contributed by atoms with Gasteiger partial charge >= 0.3 is 12.1 Å². The summed E-state index contributed by atoms with van der Waals surface area (Å²) in [5.74, 6) is -1.55. The average Bonchev–Trinajstić information content (AvgIpc) is 2.79. The number of aliphatic carboxylic acids is 1. The fourth-order valence-corrected chi connectivity index (χ4v) is 3.68. The van der Waals surface area contributed by atoms with Gasteiger partial charge in [0, 0.05) is 6.42 Å². The number of amides is 2. The number of hydrogen-bond donors (Lipinski definition) is 2. The fourth-order valence-electron chi connectivity index (χ4n) is 3.68. The molecule has 1 aliphatic heterocycles. The quantitative estimate of drug-likeness (QED) is 0.676. The van der Waals surface area contributed by atoms with E-state index < -0.39 is 30.1 Å². The van der Waals surface area contributed by atoms with Crippen LogP contribution in [0.1, 0.15) is 42.9 Å². The lowest BCUT2D eigenvalue weighted by Gasteiger charge is -2.35. The third-order valence-electron chi connectivity index (χ3n) is 5.45. The van der Waals surface area contributed by atoms with Crippen LogP contribution in [0.15, 0.2) is 54.6 Å². The molecule has 0 aromatic heterocycles. The van der Waals surface area contributed by atoms with E-state index in [0.717, 1.165) is 23.1 Å². The number of carbonyl (C=O) groups excluding carboxylic acids is 2. The zero-order chi connectivity index (χ0) is 22.2. The van der Waals surface area contributed by atoms with Crippen molar-refractivity contribution >= 4 is 18.0 Å². The Bertz CT molecular complexity index is 915. The zero-order valence-corrected chi connectivity index (χ0v) is 17.6.